The van der Waals surface area contributed by atoms with E-state index >= 15 is 0 Å². The van der Waals surface area contributed by atoms with Crippen LogP contribution in [0.3, 0.4) is 0 Å². The summed E-state index contributed by atoms with van der Waals surface area (Å²) in [7, 11) is 1.75. The first-order chi connectivity index (χ1) is 9.86. The summed E-state index contributed by atoms with van der Waals surface area (Å²) in [5.41, 5.74) is 2.04. The van der Waals surface area contributed by atoms with Gasteiger partial charge in [0, 0.05) is 18.6 Å². The highest BCUT2D eigenvalue weighted by Gasteiger charge is 2.50. The number of carboxylic acid groups (broad SMARTS) is 1. The van der Waals surface area contributed by atoms with Crippen molar-refractivity contribution in [2.24, 2.45) is 5.41 Å². The van der Waals surface area contributed by atoms with Crippen LogP contribution in [0.4, 0.5) is 0 Å². The topological polar surface area (TPSA) is 64.4 Å². The van der Waals surface area contributed by atoms with E-state index in [4.69, 9.17) is 9.84 Å². The minimum atomic E-state index is -0.924. The number of carbonyl (C=O) groups is 1. The highest BCUT2D eigenvalue weighted by Crippen LogP contribution is 2.52. The van der Waals surface area contributed by atoms with Crippen LogP contribution in [0.15, 0.2) is 18.2 Å². The van der Waals surface area contributed by atoms with Crippen LogP contribution in [0.25, 0.3) is 11.0 Å². The fraction of sp³-hybridized carbons (Fsp3) is 0.500. The van der Waals surface area contributed by atoms with Gasteiger partial charge in [-0.1, -0.05) is 13.8 Å². The van der Waals surface area contributed by atoms with E-state index < -0.39 is 5.97 Å². The van der Waals surface area contributed by atoms with Gasteiger partial charge in [0.05, 0.1) is 22.7 Å². The molecule has 1 fully saturated rings. The second-order valence-electron chi connectivity index (χ2n) is 6.33. The third kappa shape index (κ3) is 1.95. The Morgan fingerprint density at radius 1 is 1.48 bits per heavy atom. The van der Waals surface area contributed by atoms with Gasteiger partial charge >= 0.3 is 5.97 Å². The number of carboxylic acids is 1. The lowest BCUT2D eigenvalue weighted by Gasteiger charge is -2.52. The molecule has 2 aromatic rings. The fourth-order valence-corrected chi connectivity index (χ4v) is 3.45. The van der Waals surface area contributed by atoms with E-state index in [0.717, 1.165) is 23.3 Å². The molecule has 112 valence electrons. The van der Waals surface area contributed by atoms with Crippen LogP contribution < -0.4 is 0 Å². The second kappa shape index (κ2) is 4.56. The molecule has 1 aromatic carbocycles. The monoisotopic (exact) mass is 288 g/mol. The number of ether oxygens (including phenoxy) is 1. The van der Waals surface area contributed by atoms with Crippen molar-refractivity contribution in [3.8, 4) is 0 Å². The van der Waals surface area contributed by atoms with Gasteiger partial charge in [-0.3, -0.25) is 0 Å². The lowest BCUT2D eigenvalue weighted by molar-refractivity contribution is -0.112. The van der Waals surface area contributed by atoms with Gasteiger partial charge < -0.3 is 14.4 Å². The zero-order valence-corrected chi connectivity index (χ0v) is 12.8. The number of fused-ring (bicyclic) bond motifs is 1. The van der Waals surface area contributed by atoms with E-state index in [2.05, 4.69) is 23.4 Å². The zero-order valence-electron chi connectivity index (χ0n) is 12.8. The molecule has 3 rings (SSSR count). The minimum absolute atomic E-state index is 0.0403. The van der Waals surface area contributed by atoms with Gasteiger partial charge in [0.15, 0.2) is 0 Å². The Labute approximate surface area is 123 Å². The van der Waals surface area contributed by atoms with E-state index in [-0.39, 0.29) is 17.1 Å². The van der Waals surface area contributed by atoms with Crippen molar-refractivity contribution in [2.45, 2.75) is 39.3 Å². The summed E-state index contributed by atoms with van der Waals surface area (Å²) < 4.78 is 7.74. The summed E-state index contributed by atoms with van der Waals surface area (Å²) in [4.78, 5) is 15.6. The van der Waals surface area contributed by atoms with Crippen LogP contribution in [0.2, 0.25) is 0 Å². The van der Waals surface area contributed by atoms with Crippen molar-refractivity contribution in [3.63, 3.8) is 0 Å². The molecular weight excluding hydrogens is 268 g/mol. The molecule has 0 amide bonds. The average Bonchev–Trinajstić information content (AvgIpc) is 2.73. The number of hydrogen-bond donors (Lipinski definition) is 1. The highest BCUT2D eigenvalue weighted by molar-refractivity contribution is 5.92. The number of hydrogen-bond acceptors (Lipinski definition) is 3. The Hall–Kier alpha value is -1.88. The minimum Gasteiger partial charge on any atom is -0.478 e. The Kier molecular flexibility index (Phi) is 3.06. The maximum absolute atomic E-state index is 11.1. The van der Waals surface area contributed by atoms with Crippen molar-refractivity contribution in [1.29, 1.82) is 0 Å². The molecule has 5 heteroatoms. The van der Waals surface area contributed by atoms with Gasteiger partial charge in [0.1, 0.15) is 5.82 Å². The lowest BCUT2D eigenvalue weighted by atomic mass is 9.64. The molecule has 1 aromatic heterocycles. The van der Waals surface area contributed by atoms with Gasteiger partial charge in [0.2, 0.25) is 0 Å². The molecule has 1 saturated carbocycles. The number of imidazole rings is 1. The van der Waals surface area contributed by atoms with Crippen LogP contribution in [-0.4, -0.2) is 33.8 Å². The third-order valence-corrected chi connectivity index (χ3v) is 4.83. The molecule has 1 heterocycles. The van der Waals surface area contributed by atoms with Gasteiger partial charge in [-0.05, 0) is 31.5 Å². The summed E-state index contributed by atoms with van der Waals surface area (Å²) in [5.74, 6) is -0.00677. The largest absolute Gasteiger partial charge is 0.478 e. The molecular formula is C16H20N2O3. The number of aromatic nitrogens is 2. The summed E-state index contributed by atoms with van der Waals surface area (Å²) in [5, 5.41) is 9.09. The fourth-order valence-electron chi connectivity index (χ4n) is 3.45. The number of aryl methyl sites for hydroxylation is 1. The molecule has 5 nitrogen and oxygen atoms in total. The Bertz CT molecular complexity index is 718. The molecule has 1 aliphatic rings. The SMILES string of the molecule is COC1CC(n2c(C)nc3cc(C(=O)O)ccc32)C1(C)C. The van der Waals surface area contributed by atoms with Gasteiger partial charge in [0.25, 0.3) is 0 Å². The second-order valence-corrected chi connectivity index (χ2v) is 6.33. The molecule has 0 radical (unpaired) electrons. The summed E-state index contributed by atoms with van der Waals surface area (Å²) >= 11 is 0. The van der Waals surface area contributed by atoms with Crippen molar-refractivity contribution < 1.29 is 14.6 Å². The summed E-state index contributed by atoms with van der Waals surface area (Å²) in [6.07, 6.45) is 1.20. The average molecular weight is 288 g/mol. The predicted molar refractivity (Wildman–Crippen MR) is 79.7 cm³/mol. The quantitative estimate of drug-likeness (QED) is 0.943. The normalized spacial score (nSPS) is 24.0. The first-order valence-corrected chi connectivity index (χ1v) is 7.11. The van der Waals surface area contributed by atoms with Crippen molar-refractivity contribution >= 4 is 17.0 Å². The van der Waals surface area contributed by atoms with Crippen LogP contribution >= 0.6 is 0 Å². The van der Waals surface area contributed by atoms with Crippen LogP contribution in [0.1, 0.15) is 42.5 Å². The number of aromatic carboxylic acids is 1. The van der Waals surface area contributed by atoms with Gasteiger partial charge in [-0.25, -0.2) is 9.78 Å². The number of methoxy groups -OCH3 is 1. The standard InChI is InChI=1S/C16H20N2O3/c1-9-17-11-7-10(15(19)20)5-6-12(11)18(9)13-8-14(21-4)16(13,2)3/h5-7,13-14H,8H2,1-4H3,(H,19,20). The van der Waals surface area contributed by atoms with Crippen molar-refractivity contribution in [3.05, 3.63) is 29.6 Å². The number of rotatable bonds is 3. The predicted octanol–water partition coefficient (Wildman–Crippen LogP) is 3.03. The Morgan fingerprint density at radius 3 is 2.76 bits per heavy atom. The Morgan fingerprint density at radius 2 is 2.19 bits per heavy atom. The molecule has 0 bridgehead atoms. The van der Waals surface area contributed by atoms with Gasteiger partial charge in [-0.15, -0.1) is 0 Å². The maximum Gasteiger partial charge on any atom is 0.335 e. The Balaban J connectivity index is 2.08. The molecule has 1 N–H and O–H groups in total. The lowest BCUT2D eigenvalue weighted by Crippen LogP contribution is -2.51. The van der Waals surface area contributed by atoms with Crippen LogP contribution in [0.5, 0.6) is 0 Å². The first kappa shape index (κ1) is 14.1. The highest BCUT2D eigenvalue weighted by atomic mass is 16.5. The third-order valence-electron chi connectivity index (χ3n) is 4.83. The van der Waals surface area contributed by atoms with Crippen molar-refractivity contribution in [2.75, 3.05) is 7.11 Å². The van der Waals surface area contributed by atoms with Gasteiger partial charge in [-0.2, -0.15) is 0 Å². The summed E-state index contributed by atoms with van der Waals surface area (Å²) in [6, 6.07) is 5.46. The van der Waals surface area contributed by atoms with Crippen molar-refractivity contribution in [1.82, 2.24) is 9.55 Å². The zero-order chi connectivity index (χ0) is 15.4. The number of benzene rings is 1. The molecule has 2 atom stereocenters. The van der Waals surface area contributed by atoms with Crippen LogP contribution in [-0.2, 0) is 4.74 Å². The van der Waals surface area contributed by atoms with Crippen LogP contribution in [0, 0.1) is 12.3 Å². The molecule has 0 spiro atoms. The number of nitrogens with zero attached hydrogens (tertiary/aromatic N) is 2. The molecule has 1 aliphatic carbocycles. The van der Waals surface area contributed by atoms with E-state index in [1.807, 2.05) is 13.0 Å². The van der Waals surface area contributed by atoms with E-state index in [1.54, 1.807) is 19.2 Å². The first-order valence-electron chi connectivity index (χ1n) is 7.11. The van der Waals surface area contributed by atoms with E-state index in [0.29, 0.717) is 6.04 Å². The summed E-state index contributed by atoms with van der Waals surface area (Å²) in [6.45, 7) is 6.37. The molecule has 21 heavy (non-hydrogen) atoms. The molecule has 0 aliphatic heterocycles. The maximum atomic E-state index is 11.1. The smallest absolute Gasteiger partial charge is 0.335 e. The van der Waals surface area contributed by atoms with E-state index in [1.165, 1.54) is 0 Å². The molecule has 0 saturated heterocycles. The van der Waals surface area contributed by atoms with E-state index in [9.17, 15) is 4.79 Å². The molecule has 2 unspecified atom stereocenters.